The minimum absolute atomic E-state index is 0.0350. The molecule has 4 atom stereocenters. The second kappa shape index (κ2) is 9.15. The van der Waals surface area contributed by atoms with E-state index in [4.69, 9.17) is 17.0 Å². The molecule has 2 bridgehead atoms. The number of pyridine rings is 1. The van der Waals surface area contributed by atoms with Crippen LogP contribution in [0.5, 0.6) is 5.75 Å². The van der Waals surface area contributed by atoms with Gasteiger partial charge >= 0.3 is 5.97 Å². The number of aromatic carboxylic acids is 1. The van der Waals surface area contributed by atoms with Crippen LogP contribution in [0.4, 0.5) is 10.1 Å². The first-order chi connectivity index (χ1) is 17.8. The predicted octanol–water partition coefficient (Wildman–Crippen LogP) is 3.76. The van der Waals surface area contributed by atoms with Crippen molar-refractivity contribution in [3.05, 3.63) is 33.9 Å². The Kier molecular flexibility index (Phi) is 6.05. The highest BCUT2D eigenvalue weighted by Gasteiger charge is 2.41. The lowest BCUT2D eigenvalue weighted by Gasteiger charge is -2.43. The van der Waals surface area contributed by atoms with Gasteiger partial charge < -0.3 is 29.5 Å². The number of piperazine rings is 1. The molecule has 6 rings (SSSR count). The number of hydrogen-bond acceptors (Lipinski definition) is 5. The number of fused-ring (bicyclic) bond motifs is 3. The Morgan fingerprint density at radius 3 is 2.59 bits per heavy atom. The van der Waals surface area contributed by atoms with Gasteiger partial charge in [-0.15, -0.1) is 0 Å². The number of carboxylic acids is 1. The summed E-state index contributed by atoms with van der Waals surface area (Å²) >= 11 is 5.81. The highest BCUT2D eigenvalue weighted by Crippen LogP contribution is 2.45. The summed E-state index contributed by atoms with van der Waals surface area (Å²) in [5.74, 6) is -0.0672. The standard InChI is InChI=1S/C27H33FN4O4S/c1-14-12-30(7-8-31(14)27(37)29-21-10-15-3-4-16(21)9-15)23-20(28)11-18-22(25(23)36-2)32(17-5-6-17)13-19(24(18)33)26(34)35/h11,13-17,21H,3-10,12H2,1-2H3,(H,29,37)(H,34,35)/t14-,15+,16+,21+/m1/s1. The van der Waals surface area contributed by atoms with Gasteiger partial charge in [-0.25, -0.2) is 9.18 Å². The van der Waals surface area contributed by atoms with Crippen molar-refractivity contribution in [2.24, 2.45) is 11.8 Å². The van der Waals surface area contributed by atoms with Crippen molar-refractivity contribution < 1.29 is 19.0 Å². The van der Waals surface area contributed by atoms with Gasteiger partial charge in [0, 0.05) is 44.0 Å². The maximum Gasteiger partial charge on any atom is 0.341 e. The quantitative estimate of drug-likeness (QED) is 0.568. The Bertz CT molecular complexity index is 1340. The summed E-state index contributed by atoms with van der Waals surface area (Å²) in [5.41, 5.74) is -0.281. The first-order valence-corrected chi connectivity index (χ1v) is 13.7. The maximum atomic E-state index is 15.7. The van der Waals surface area contributed by atoms with Gasteiger partial charge in [0.1, 0.15) is 11.3 Å². The van der Waals surface area contributed by atoms with E-state index in [-0.39, 0.29) is 28.8 Å². The second-order valence-corrected chi connectivity index (χ2v) is 11.6. The second-order valence-electron chi connectivity index (χ2n) is 11.2. The summed E-state index contributed by atoms with van der Waals surface area (Å²) in [6.07, 6.45) is 8.27. The lowest BCUT2D eigenvalue weighted by molar-refractivity contribution is 0.0694. The van der Waals surface area contributed by atoms with Gasteiger partial charge in [-0.1, -0.05) is 6.42 Å². The molecule has 2 N–H and O–H groups in total. The minimum atomic E-state index is -1.32. The third kappa shape index (κ3) is 4.13. The smallest absolute Gasteiger partial charge is 0.341 e. The number of hydrogen-bond donors (Lipinski definition) is 2. The fourth-order valence-electron chi connectivity index (χ4n) is 6.85. The van der Waals surface area contributed by atoms with Crippen molar-refractivity contribution in [2.45, 2.75) is 63.6 Å². The van der Waals surface area contributed by atoms with Crippen LogP contribution in [0.1, 0.15) is 61.8 Å². The SMILES string of the molecule is COc1c(N2CCN(C(=S)N[C@H]3C[C@H]4CC[C@H]3C4)[C@H](C)C2)c(F)cc2c(=O)c(C(=O)O)cn(C3CC3)c12. The normalized spacial score (nSPS) is 27.1. The zero-order valence-corrected chi connectivity index (χ0v) is 22.0. The molecule has 37 heavy (non-hydrogen) atoms. The van der Waals surface area contributed by atoms with E-state index in [0.29, 0.717) is 36.9 Å². The molecule has 1 aromatic heterocycles. The van der Waals surface area contributed by atoms with E-state index in [1.54, 1.807) is 4.57 Å². The van der Waals surface area contributed by atoms with E-state index in [1.807, 2.05) is 4.90 Å². The molecule has 8 nitrogen and oxygen atoms in total. The first kappa shape index (κ1) is 24.5. The van der Waals surface area contributed by atoms with Crippen LogP contribution in [0.25, 0.3) is 10.9 Å². The Hall–Kier alpha value is -2.88. The number of halogens is 1. The van der Waals surface area contributed by atoms with Crippen molar-refractivity contribution in [2.75, 3.05) is 31.6 Å². The molecule has 3 saturated carbocycles. The average molecular weight is 529 g/mol. The van der Waals surface area contributed by atoms with Gasteiger partial charge in [-0.05, 0) is 69.1 Å². The number of ether oxygens (including phenoxy) is 1. The van der Waals surface area contributed by atoms with E-state index < -0.39 is 17.2 Å². The number of carbonyl (C=O) groups is 1. The van der Waals surface area contributed by atoms with Crippen LogP contribution in [0.3, 0.4) is 0 Å². The molecule has 198 valence electrons. The molecule has 4 aliphatic rings. The number of thiocarbonyl (C=S) groups is 1. The molecule has 2 heterocycles. The van der Waals surface area contributed by atoms with E-state index in [1.165, 1.54) is 45.1 Å². The van der Waals surface area contributed by atoms with Crippen LogP contribution < -0.4 is 20.4 Å². The summed E-state index contributed by atoms with van der Waals surface area (Å²) in [6, 6.07) is 1.76. The summed E-state index contributed by atoms with van der Waals surface area (Å²) in [6.45, 7) is 3.81. The largest absolute Gasteiger partial charge is 0.492 e. The monoisotopic (exact) mass is 528 g/mol. The number of anilines is 1. The molecule has 2 aromatic rings. The Labute approximate surface area is 220 Å². The number of benzene rings is 1. The Morgan fingerprint density at radius 1 is 1.22 bits per heavy atom. The van der Waals surface area contributed by atoms with Crippen LogP contribution in [0.2, 0.25) is 0 Å². The highest BCUT2D eigenvalue weighted by atomic mass is 32.1. The molecule has 0 amide bonds. The zero-order chi connectivity index (χ0) is 26.0. The van der Waals surface area contributed by atoms with Gasteiger partial charge in [0.25, 0.3) is 0 Å². The lowest BCUT2D eigenvalue weighted by atomic mass is 9.95. The van der Waals surface area contributed by atoms with Crippen molar-refractivity contribution in [3.63, 3.8) is 0 Å². The van der Waals surface area contributed by atoms with E-state index in [2.05, 4.69) is 17.1 Å². The predicted molar refractivity (Wildman–Crippen MR) is 143 cm³/mol. The molecule has 1 saturated heterocycles. The Balaban J connectivity index is 1.30. The number of rotatable bonds is 5. The molecular formula is C27H33FN4O4S. The van der Waals surface area contributed by atoms with E-state index >= 15 is 4.39 Å². The molecule has 10 heteroatoms. The molecule has 3 aliphatic carbocycles. The molecule has 0 unspecified atom stereocenters. The molecule has 1 aliphatic heterocycles. The van der Waals surface area contributed by atoms with Gasteiger partial charge in [-0.2, -0.15) is 0 Å². The molecule has 0 radical (unpaired) electrons. The van der Waals surface area contributed by atoms with Crippen molar-refractivity contribution >= 4 is 39.9 Å². The topological polar surface area (TPSA) is 87.0 Å². The number of nitrogens with zero attached hydrogens (tertiary/aromatic N) is 3. The number of methoxy groups -OCH3 is 1. The lowest BCUT2D eigenvalue weighted by Crippen LogP contribution is -2.58. The Morgan fingerprint density at radius 2 is 2.00 bits per heavy atom. The van der Waals surface area contributed by atoms with E-state index in [0.717, 1.165) is 29.8 Å². The van der Waals surface area contributed by atoms with Gasteiger partial charge in [-0.3, -0.25) is 4.79 Å². The average Bonchev–Trinajstić information content (AvgIpc) is 3.50. The number of carboxylic acid groups (broad SMARTS) is 1. The van der Waals surface area contributed by atoms with Crippen molar-refractivity contribution in [1.82, 2.24) is 14.8 Å². The van der Waals surface area contributed by atoms with Crippen LogP contribution in [-0.2, 0) is 0 Å². The van der Waals surface area contributed by atoms with Gasteiger partial charge in [0.05, 0.1) is 18.0 Å². The fourth-order valence-corrected chi connectivity index (χ4v) is 7.27. The summed E-state index contributed by atoms with van der Waals surface area (Å²) in [4.78, 5) is 28.8. The summed E-state index contributed by atoms with van der Waals surface area (Å²) < 4.78 is 23.2. The first-order valence-electron chi connectivity index (χ1n) is 13.3. The van der Waals surface area contributed by atoms with E-state index in [9.17, 15) is 14.7 Å². The molecule has 4 fully saturated rings. The number of aromatic nitrogens is 1. The van der Waals surface area contributed by atoms with Crippen molar-refractivity contribution in [3.8, 4) is 5.75 Å². The summed E-state index contributed by atoms with van der Waals surface area (Å²) in [5, 5.41) is 14.0. The summed E-state index contributed by atoms with van der Waals surface area (Å²) in [7, 11) is 1.47. The fraction of sp³-hybridized carbons (Fsp3) is 0.593. The highest BCUT2D eigenvalue weighted by molar-refractivity contribution is 7.80. The molecule has 1 aromatic carbocycles. The van der Waals surface area contributed by atoms with Gasteiger partial charge in [0.2, 0.25) is 5.43 Å². The molecule has 0 spiro atoms. The van der Waals surface area contributed by atoms with Crippen molar-refractivity contribution in [1.29, 1.82) is 0 Å². The minimum Gasteiger partial charge on any atom is -0.492 e. The van der Waals surface area contributed by atoms with Crippen LogP contribution in [0.15, 0.2) is 17.1 Å². The van der Waals surface area contributed by atoms with Gasteiger partial charge in [0.15, 0.2) is 16.7 Å². The van der Waals surface area contributed by atoms with Crippen LogP contribution >= 0.6 is 12.2 Å². The molecular weight excluding hydrogens is 495 g/mol. The zero-order valence-electron chi connectivity index (χ0n) is 21.2. The number of nitrogens with one attached hydrogen (secondary N) is 1. The van der Waals surface area contributed by atoms with Crippen LogP contribution in [-0.4, -0.2) is 64.5 Å². The third-order valence-electron chi connectivity index (χ3n) is 8.82. The maximum absolute atomic E-state index is 15.7. The van der Waals surface area contributed by atoms with Crippen LogP contribution in [0, 0.1) is 17.7 Å². The third-order valence-corrected chi connectivity index (χ3v) is 9.18.